The van der Waals surface area contributed by atoms with Gasteiger partial charge in [-0.25, -0.2) is 4.98 Å². The summed E-state index contributed by atoms with van der Waals surface area (Å²) in [6, 6.07) is 25.2. The second-order valence-corrected chi connectivity index (χ2v) is 8.47. The molecule has 0 unspecified atom stereocenters. The van der Waals surface area contributed by atoms with Gasteiger partial charge in [-0.15, -0.1) is 0 Å². The Morgan fingerprint density at radius 1 is 1.03 bits per heavy atom. The van der Waals surface area contributed by atoms with Gasteiger partial charge in [0.25, 0.3) is 5.56 Å². The molecule has 5 aromatic rings. The Labute approximate surface area is 194 Å². The zero-order valence-corrected chi connectivity index (χ0v) is 19.1. The molecule has 33 heavy (non-hydrogen) atoms. The Morgan fingerprint density at radius 2 is 1.76 bits per heavy atom. The van der Waals surface area contributed by atoms with Gasteiger partial charge in [-0.2, -0.15) is 4.68 Å². The molecular formula is C26H22N4O2S. The van der Waals surface area contributed by atoms with E-state index in [1.54, 1.807) is 0 Å². The van der Waals surface area contributed by atoms with Crippen LogP contribution in [0.3, 0.4) is 0 Å². The summed E-state index contributed by atoms with van der Waals surface area (Å²) in [5.74, 6) is 0.791. The topological polar surface area (TPSA) is 72.3 Å². The summed E-state index contributed by atoms with van der Waals surface area (Å²) < 4.78 is 8.05. The van der Waals surface area contributed by atoms with Gasteiger partial charge in [0.05, 0.1) is 39.5 Å². The van der Waals surface area contributed by atoms with Crippen LogP contribution in [0.25, 0.3) is 26.6 Å². The fourth-order valence-corrected chi connectivity index (χ4v) is 4.64. The highest BCUT2D eigenvalue weighted by atomic mass is 32.1. The summed E-state index contributed by atoms with van der Waals surface area (Å²) in [7, 11) is 0. The summed E-state index contributed by atoms with van der Waals surface area (Å²) in [6.45, 7) is 4.41. The molecule has 0 aliphatic rings. The molecule has 0 amide bonds. The maximum Gasteiger partial charge on any atom is 0.283 e. The van der Waals surface area contributed by atoms with E-state index in [1.807, 2.05) is 92.7 Å². The number of benzene rings is 3. The molecule has 0 aliphatic carbocycles. The lowest BCUT2D eigenvalue weighted by Gasteiger charge is -2.04. The predicted octanol–water partition coefficient (Wildman–Crippen LogP) is 5.98. The molecule has 0 fully saturated rings. The Balaban J connectivity index is 1.64. The van der Waals surface area contributed by atoms with Crippen molar-refractivity contribution in [1.29, 1.82) is 0 Å². The van der Waals surface area contributed by atoms with Gasteiger partial charge in [0.1, 0.15) is 5.75 Å². The number of H-pyrrole nitrogens is 1. The minimum absolute atomic E-state index is 0.180. The van der Waals surface area contributed by atoms with Crippen molar-refractivity contribution < 1.29 is 4.74 Å². The van der Waals surface area contributed by atoms with Crippen LogP contribution in [0.4, 0.5) is 5.69 Å². The molecule has 0 radical (unpaired) electrons. The van der Waals surface area contributed by atoms with Gasteiger partial charge in [-0.1, -0.05) is 53.8 Å². The van der Waals surface area contributed by atoms with Crippen LogP contribution < -0.4 is 10.3 Å². The highest BCUT2D eigenvalue weighted by Crippen LogP contribution is 2.27. The number of para-hydroxylation sites is 1. The van der Waals surface area contributed by atoms with Crippen LogP contribution in [0.15, 0.2) is 88.6 Å². The van der Waals surface area contributed by atoms with Crippen molar-refractivity contribution in [3.05, 3.63) is 94.8 Å². The summed E-state index contributed by atoms with van der Waals surface area (Å²) in [5, 5.41) is 3.88. The monoisotopic (exact) mass is 454 g/mol. The van der Waals surface area contributed by atoms with Gasteiger partial charge in [0.2, 0.25) is 5.13 Å². The molecule has 6 nitrogen and oxygen atoms in total. The van der Waals surface area contributed by atoms with Gasteiger partial charge in [0, 0.05) is 5.56 Å². The number of rotatable bonds is 6. The molecule has 0 atom stereocenters. The maximum absolute atomic E-state index is 13.6. The molecule has 0 aliphatic heterocycles. The van der Waals surface area contributed by atoms with E-state index in [0.29, 0.717) is 28.7 Å². The first-order valence-electron chi connectivity index (χ1n) is 10.7. The molecule has 5 rings (SSSR count). The number of aromatic amines is 1. The minimum atomic E-state index is -0.180. The van der Waals surface area contributed by atoms with Crippen LogP contribution >= 0.6 is 11.3 Å². The van der Waals surface area contributed by atoms with E-state index in [-0.39, 0.29) is 5.56 Å². The average molecular weight is 455 g/mol. The van der Waals surface area contributed by atoms with Crippen molar-refractivity contribution in [2.45, 2.75) is 13.8 Å². The Bertz CT molecular complexity index is 1460. The van der Waals surface area contributed by atoms with Gasteiger partial charge >= 0.3 is 0 Å². The molecular weight excluding hydrogens is 432 g/mol. The third kappa shape index (κ3) is 4.10. The largest absolute Gasteiger partial charge is 0.494 e. The molecule has 2 aromatic heterocycles. The van der Waals surface area contributed by atoms with Crippen LogP contribution in [0, 0.1) is 0 Å². The number of nitrogens with one attached hydrogen (secondary N) is 1. The predicted molar refractivity (Wildman–Crippen MR) is 134 cm³/mol. The minimum Gasteiger partial charge on any atom is -0.494 e. The standard InChI is InChI=1S/C26H22N4O2S/c1-3-32-20-15-13-19(14-16-20)27-17(2)23-24(18-9-5-4-6-10-18)29-30(25(23)31)26-28-21-11-7-8-12-22(21)33-26/h4-16,29H,3H2,1-2H3. The second-order valence-electron chi connectivity index (χ2n) is 7.46. The Hall–Kier alpha value is -3.97. The Morgan fingerprint density at radius 3 is 2.48 bits per heavy atom. The summed E-state index contributed by atoms with van der Waals surface area (Å²) in [6.07, 6.45) is 0. The third-order valence-electron chi connectivity index (χ3n) is 5.23. The van der Waals surface area contributed by atoms with Crippen molar-refractivity contribution >= 4 is 33.0 Å². The smallest absolute Gasteiger partial charge is 0.283 e. The van der Waals surface area contributed by atoms with E-state index in [0.717, 1.165) is 27.2 Å². The molecule has 0 spiro atoms. The molecule has 0 bridgehead atoms. The van der Waals surface area contributed by atoms with Crippen LogP contribution in [-0.2, 0) is 0 Å². The third-order valence-corrected chi connectivity index (χ3v) is 6.25. The fourth-order valence-electron chi connectivity index (χ4n) is 3.71. The van der Waals surface area contributed by atoms with E-state index in [9.17, 15) is 4.79 Å². The van der Waals surface area contributed by atoms with Crippen LogP contribution in [0.5, 0.6) is 5.75 Å². The van der Waals surface area contributed by atoms with Crippen molar-refractivity contribution in [2.75, 3.05) is 6.61 Å². The molecule has 1 N–H and O–H groups in total. The first-order chi connectivity index (χ1) is 16.1. The number of thiazole rings is 1. The van der Waals surface area contributed by atoms with Crippen molar-refractivity contribution in [1.82, 2.24) is 14.8 Å². The summed E-state index contributed by atoms with van der Waals surface area (Å²) >= 11 is 1.47. The lowest BCUT2D eigenvalue weighted by molar-refractivity contribution is 0.340. The molecule has 2 heterocycles. The first-order valence-corrected chi connectivity index (χ1v) is 11.5. The van der Waals surface area contributed by atoms with E-state index in [2.05, 4.69) is 10.1 Å². The van der Waals surface area contributed by atoms with Crippen molar-refractivity contribution in [2.24, 2.45) is 4.99 Å². The number of hydrogen-bond donors (Lipinski definition) is 1. The molecule has 0 saturated carbocycles. The van der Waals surface area contributed by atoms with Gasteiger partial charge in [-0.3, -0.25) is 14.9 Å². The van der Waals surface area contributed by atoms with Gasteiger partial charge in [-0.05, 0) is 50.2 Å². The Kier molecular flexibility index (Phi) is 5.62. The molecule has 7 heteroatoms. The first kappa shape index (κ1) is 20.9. The molecule has 3 aromatic carbocycles. The van der Waals surface area contributed by atoms with Crippen LogP contribution in [0.1, 0.15) is 19.4 Å². The second kappa shape index (κ2) is 8.88. The van der Waals surface area contributed by atoms with E-state index >= 15 is 0 Å². The van der Waals surface area contributed by atoms with E-state index in [4.69, 9.17) is 9.73 Å². The average Bonchev–Trinajstić information content (AvgIpc) is 3.42. The lowest BCUT2D eigenvalue weighted by Crippen LogP contribution is -2.19. The normalized spacial score (nSPS) is 11.8. The van der Waals surface area contributed by atoms with Crippen LogP contribution in [-0.4, -0.2) is 27.1 Å². The van der Waals surface area contributed by atoms with Gasteiger partial charge in [0.15, 0.2) is 0 Å². The quantitative estimate of drug-likeness (QED) is 0.321. The zero-order valence-electron chi connectivity index (χ0n) is 18.3. The highest BCUT2D eigenvalue weighted by Gasteiger charge is 2.21. The molecule has 164 valence electrons. The summed E-state index contributed by atoms with van der Waals surface area (Å²) in [4.78, 5) is 23.0. The van der Waals surface area contributed by atoms with Crippen molar-refractivity contribution in [3.8, 4) is 22.1 Å². The summed E-state index contributed by atoms with van der Waals surface area (Å²) in [5.41, 5.74) is 4.20. The number of fused-ring (bicyclic) bond motifs is 1. The van der Waals surface area contributed by atoms with E-state index < -0.39 is 0 Å². The van der Waals surface area contributed by atoms with Gasteiger partial charge < -0.3 is 4.74 Å². The number of aromatic nitrogens is 3. The number of aliphatic imine (C=N–C) groups is 1. The maximum atomic E-state index is 13.6. The lowest BCUT2D eigenvalue weighted by atomic mass is 10.1. The fraction of sp³-hybridized carbons (Fsp3) is 0.115. The SMILES string of the molecule is CCOc1ccc(N=C(C)c2c(-c3ccccc3)[nH]n(-c3nc4ccccc4s3)c2=O)cc1. The van der Waals surface area contributed by atoms with E-state index in [1.165, 1.54) is 16.0 Å². The number of hydrogen-bond acceptors (Lipinski definition) is 5. The highest BCUT2D eigenvalue weighted by molar-refractivity contribution is 7.20. The van der Waals surface area contributed by atoms with Crippen LogP contribution in [0.2, 0.25) is 0 Å². The number of ether oxygens (including phenoxy) is 1. The van der Waals surface area contributed by atoms with Crippen molar-refractivity contribution in [3.63, 3.8) is 0 Å². The zero-order chi connectivity index (χ0) is 22.8. The number of nitrogens with zero attached hydrogens (tertiary/aromatic N) is 3. The molecule has 0 saturated heterocycles.